The average Bonchev–Trinajstić information content (AvgIpc) is 2.16. The van der Waals surface area contributed by atoms with Gasteiger partial charge in [-0.15, -0.1) is 0 Å². The molecule has 0 spiro atoms. The number of alkyl halides is 3. The van der Waals surface area contributed by atoms with Crippen LogP contribution in [0.25, 0.3) is 0 Å². The van der Waals surface area contributed by atoms with Crippen molar-refractivity contribution in [2.45, 2.75) is 18.6 Å². The molecule has 3 nitrogen and oxygen atoms in total. The van der Waals surface area contributed by atoms with Crippen LogP contribution in [-0.4, -0.2) is 16.7 Å². The van der Waals surface area contributed by atoms with E-state index >= 15 is 0 Å². The van der Waals surface area contributed by atoms with Crippen LogP contribution in [0.1, 0.15) is 18.2 Å². The van der Waals surface area contributed by atoms with Crippen molar-refractivity contribution < 1.29 is 18.3 Å². The molecule has 1 atom stereocenters. The van der Waals surface area contributed by atoms with Crippen molar-refractivity contribution in [1.29, 1.82) is 0 Å². The summed E-state index contributed by atoms with van der Waals surface area (Å²) in [6.07, 6.45) is -3.30. The maximum absolute atomic E-state index is 12.5. The first-order chi connectivity index (χ1) is 6.79. The number of hydrogen-bond acceptors (Lipinski definition) is 3. The fourth-order valence-corrected chi connectivity index (χ4v) is 1.16. The van der Waals surface area contributed by atoms with E-state index in [0.29, 0.717) is 0 Å². The lowest BCUT2D eigenvalue weighted by molar-refractivity contribution is -0.139. The van der Waals surface area contributed by atoms with Crippen molar-refractivity contribution in [3.63, 3.8) is 0 Å². The van der Waals surface area contributed by atoms with E-state index < -0.39 is 23.9 Å². The van der Waals surface area contributed by atoms with Crippen LogP contribution in [0.3, 0.4) is 0 Å². The molecule has 3 N–H and O–H groups in total. The highest BCUT2D eigenvalue weighted by atomic mass is 19.4. The van der Waals surface area contributed by atoms with Crippen molar-refractivity contribution in [3.8, 4) is 0 Å². The van der Waals surface area contributed by atoms with Gasteiger partial charge in [-0.3, -0.25) is 4.98 Å². The number of aromatic nitrogens is 1. The van der Waals surface area contributed by atoms with Gasteiger partial charge in [0.2, 0.25) is 0 Å². The van der Waals surface area contributed by atoms with Crippen LogP contribution < -0.4 is 5.73 Å². The maximum Gasteiger partial charge on any atom is 0.418 e. The molecule has 84 valence electrons. The zero-order chi connectivity index (χ0) is 11.7. The number of nitrogens with two attached hydrogens (primary N) is 1. The van der Waals surface area contributed by atoms with Crippen molar-refractivity contribution >= 4 is 0 Å². The summed E-state index contributed by atoms with van der Waals surface area (Å²) in [5.74, 6) is 0. The van der Waals surface area contributed by atoms with Gasteiger partial charge in [-0.1, -0.05) is 0 Å². The lowest BCUT2D eigenvalue weighted by Crippen LogP contribution is -2.39. The van der Waals surface area contributed by atoms with E-state index in [2.05, 4.69) is 4.98 Å². The fourth-order valence-electron chi connectivity index (χ4n) is 1.16. The van der Waals surface area contributed by atoms with Crippen LogP contribution >= 0.6 is 0 Å². The van der Waals surface area contributed by atoms with E-state index in [-0.39, 0.29) is 5.69 Å². The Kier molecular flexibility index (Phi) is 3.01. The number of halogens is 3. The summed E-state index contributed by atoms with van der Waals surface area (Å²) in [4.78, 5) is 3.58. The second kappa shape index (κ2) is 3.79. The van der Waals surface area contributed by atoms with Crippen LogP contribution in [-0.2, 0) is 11.7 Å². The zero-order valence-corrected chi connectivity index (χ0v) is 8.04. The SMILES string of the molecule is CC(N)(CO)c1ncccc1C(F)(F)F. The Hall–Kier alpha value is -1.14. The molecule has 0 aromatic carbocycles. The van der Waals surface area contributed by atoms with E-state index in [1.807, 2.05) is 0 Å². The Morgan fingerprint density at radius 3 is 2.53 bits per heavy atom. The van der Waals surface area contributed by atoms with Crippen LogP contribution in [0.5, 0.6) is 0 Å². The number of pyridine rings is 1. The Morgan fingerprint density at radius 2 is 2.07 bits per heavy atom. The first kappa shape index (κ1) is 11.9. The molecule has 0 bridgehead atoms. The van der Waals surface area contributed by atoms with Crippen molar-refractivity contribution in [3.05, 3.63) is 29.6 Å². The van der Waals surface area contributed by atoms with Crippen molar-refractivity contribution in [1.82, 2.24) is 4.98 Å². The molecular formula is C9H11F3N2O. The molecule has 0 amide bonds. The summed E-state index contributed by atoms with van der Waals surface area (Å²) in [6, 6.07) is 2.07. The zero-order valence-electron chi connectivity index (χ0n) is 8.04. The van der Waals surface area contributed by atoms with Gasteiger partial charge in [-0.05, 0) is 19.1 Å². The van der Waals surface area contributed by atoms with Gasteiger partial charge in [-0.25, -0.2) is 0 Å². The van der Waals surface area contributed by atoms with E-state index in [0.717, 1.165) is 6.07 Å². The summed E-state index contributed by atoms with van der Waals surface area (Å²) in [6.45, 7) is 0.692. The Labute approximate surface area is 84.7 Å². The highest BCUT2D eigenvalue weighted by Crippen LogP contribution is 2.34. The molecule has 15 heavy (non-hydrogen) atoms. The first-order valence-electron chi connectivity index (χ1n) is 4.21. The highest BCUT2D eigenvalue weighted by Gasteiger charge is 2.38. The third-order valence-electron chi connectivity index (χ3n) is 1.98. The summed E-state index contributed by atoms with van der Waals surface area (Å²) in [5, 5.41) is 8.91. The highest BCUT2D eigenvalue weighted by molar-refractivity contribution is 5.28. The summed E-state index contributed by atoms with van der Waals surface area (Å²) >= 11 is 0. The molecule has 0 aliphatic rings. The monoisotopic (exact) mass is 220 g/mol. The largest absolute Gasteiger partial charge is 0.418 e. The molecule has 0 radical (unpaired) electrons. The van der Waals surface area contributed by atoms with Crippen LogP contribution in [0, 0.1) is 0 Å². The molecule has 1 aromatic heterocycles. The fraction of sp³-hybridized carbons (Fsp3) is 0.444. The molecule has 0 aliphatic heterocycles. The molecule has 6 heteroatoms. The smallest absolute Gasteiger partial charge is 0.394 e. The van der Waals surface area contributed by atoms with Crippen LogP contribution in [0.2, 0.25) is 0 Å². The topological polar surface area (TPSA) is 59.1 Å². The Bertz CT molecular complexity index is 349. The third-order valence-corrected chi connectivity index (χ3v) is 1.98. The van der Waals surface area contributed by atoms with Gasteiger partial charge in [0.1, 0.15) is 0 Å². The maximum atomic E-state index is 12.5. The van der Waals surface area contributed by atoms with Crippen molar-refractivity contribution in [2.24, 2.45) is 5.73 Å². The average molecular weight is 220 g/mol. The number of aliphatic hydroxyl groups is 1. The number of rotatable bonds is 2. The summed E-state index contributed by atoms with van der Waals surface area (Å²) < 4.78 is 37.6. The standard InChI is InChI=1S/C9H11F3N2O/c1-8(13,5-15)7-6(9(10,11)12)3-2-4-14-7/h2-4,15H,5,13H2,1H3. The lowest BCUT2D eigenvalue weighted by atomic mass is 9.95. The van der Waals surface area contributed by atoms with E-state index in [1.54, 1.807) is 0 Å². The van der Waals surface area contributed by atoms with E-state index in [9.17, 15) is 13.2 Å². The molecule has 0 saturated heterocycles. The lowest BCUT2D eigenvalue weighted by Gasteiger charge is -2.24. The molecule has 1 rings (SSSR count). The molecule has 0 fully saturated rings. The molecular weight excluding hydrogens is 209 g/mol. The first-order valence-corrected chi connectivity index (χ1v) is 4.21. The van der Waals surface area contributed by atoms with Gasteiger partial charge >= 0.3 is 6.18 Å². The van der Waals surface area contributed by atoms with Gasteiger partial charge in [0.15, 0.2) is 0 Å². The van der Waals surface area contributed by atoms with Crippen LogP contribution in [0.4, 0.5) is 13.2 Å². The summed E-state index contributed by atoms with van der Waals surface area (Å²) in [7, 11) is 0. The molecule has 1 unspecified atom stereocenters. The molecule has 0 aliphatic carbocycles. The van der Waals surface area contributed by atoms with Crippen LogP contribution in [0.15, 0.2) is 18.3 Å². The second-order valence-electron chi connectivity index (χ2n) is 3.47. The summed E-state index contributed by atoms with van der Waals surface area (Å²) in [5.41, 5.74) is 2.77. The van der Waals surface area contributed by atoms with Gasteiger partial charge < -0.3 is 10.8 Å². The van der Waals surface area contributed by atoms with Gasteiger partial charge in [0, 0.05) is 6.20 Å². The van der Waals surface area contributed by atoms with E-state index in [1.165, 1.54) is 19.2 Å². The van der Waals surface area contributed by atoms with E-state index in [4.69, 9.17) is 10.8 Å². The number of hydrogen-bond donors (Lipinski definition) is 2. The molecule has 1 aromatic rings. The predicted octanol–water partition coefficient (Wildman–Crippen LogP) is 1.27. The molecule has 0 saturated carbocycles. The normalized spacial score (nSPS) is 16.1. The Morgan fingerprint density at radius 1 is 1.47 bits per heavy atom. The van der Waals surface area contributed by atoms with Crippen molar-refractivity contribution in [2.75, 3.05) is 6.61 Å². The Balaban J connectivity index is 3.31. The quantitative estimate of drug-likeness (QED) is 0.789. The third kappa shape index (κ3) is 2.45. The van der Waals surface area contributed by atoms with Gasteiger partial charge in [0.05, 0.1) is 23.4 Å². The number of aliphatic hydroxyl groups excluding tert-OH is 1. The molecule has 1 heterocycles. The minimum absolute atomic E-state index is 0.347. The van der Waals surface area contributed by atoms with Gasteiger partial charge in [-0.2, -0.15) is 13.2 Å². The second-order valence-corrected chi connectivity index (χ2v) is 3.47. The van der Waals surface area contributed by atoms with Gasteiger partial charge in [0.25, 0.3) is 0 Å². The predicted molar refractivity (Wildman–Crippen MR) is 47.9 cm³/mol. The minimum Gasteiger partial charge on any atom is -0.394 e. The number of nitrogens with zero attached hydrogens (tertiary/aromatic N) is 1. The minimum atomic E-state index is -4.51.